The minimum atomic E-state index is -0.931. The molecule has 0 radical (unpaired) electrons. The standard InChI is InChI=1S/C14H16O3/c1-3-11(6-9-14(15)16)10-12-4-7-13(17-2)8-5-12/h4-10H,3H2,1-2H3,(H,15,16)/b9-6+,11-10+. The molecule has 0 aliphatic carbocycles. The van der Waals surface area contributed by atoms with Gasteiger partial charge in [0.05, 0.1) is 7.11 Å². The number of hydrogen-bond donors (Lipinski definition) is 1. The number of benzene rings is 1. The van der Waals surface area contributed by atoms with Crippen LogP contribution in [-0.4, -0.2) is 18.2 Å². The highest BCUT2D eigenvalue weighted by Gasteiger charge is 1.94. The van der Waals surface area contributed by atoms with Crippen molar-refractivity contribution in [2.45, 2.75) is 13.3 Å². The number of carbonyl (C=O) groups is 1. The number of allylic oxidation sites excluding steroid dienone is 2. The molecule has 0 aliphatic heterocycles. The van der Waals surface area contributed by atoms with Gasteiger partial charge in [-0.2, -0.15) is 0 Å². The molecule has 90 valence electrons. The Bertz CT molecular complexity index is 427. The second-order valence-corrected chi connectivity index (χ2v) is 3.52. The zero-order chi connectivity index (χ0) is 12.7. The second-order valence-electron chi connectivity index (χ2n) is 3.52. The fourth-order valence-corrected chi connectivity index (χ4v) is 1.36. The Balaban J connectivity index is 2.86. The maximum absolute atomic E-state index is 10.4. The lowest BCUT2D eigenvalue weighted by molar-refractivity contribution is -0.131. The maximum atomic E-state index is 10.4. The molecule has 1 aromatic carbocycles. The zero-order valence-corrected chi connectivity index (χ0v) is 10.0. The Hall–Kier alpha value is -2.03. The zero-order valence-electron chi connectivity index (χ0n) is 10.0. The normalized spacial score (nSPS) is 11.8. The van der Waals surface area contributed by atoms with Gasteiger partial charge in [0.1, 0.15) is 5.75 Å². The molecule has 3 heteroatoms. The van der Waals surface area contributed by atoms with Gasteiger partial charge >= 0.3 is 5.97 Å². The fourth-order valence-electron chi connectivity index (χ4n) is 1.36. The van der Waals surface area contributed by atoms with Crippen molar-refractivity contribution in [2.75, 3.05) is 7.11 Å². The van der Waals surface area contributed by atoms with Crippen LogP contribution >= 0.6 is 0 Å². The minimum Gasteiger partial charge on any atom is -0.497 e. The quantitative estimate of drug-likeness (QED) is 0.626. The number of carboxylic acid groups (broad SMARTS) is 1. The van der Waals surface area contributed by atoms with Crippen LogP contribution < -0.4 is 4.74 Å². The predicted molar refractivity (Wildman–Crippen MR) is 68.0 cm³/mol. The first-order valence-corrected chi connectivity index (χ1v) is 5.41. The molecule has 1 rings (SSSR count). The van der Waals surface area contributed by atoms with Crippen LogP contribution in [0.25, 0.3) is 6.08 Å². The fraction of sp³-hybridized carbons (Fsp3) is 0.214. The van der Waals surface area contributed by atoms with Crippen molar-refractivity contribution < 1.29 is 14.6 Å². The molecule has 0 saturated heterocycles. The topological polar surface area (TPSA) is 46.5 Å². The summed E-state index contributed by atoms with van der Waals surface area (Å²) >= 11 is 0. The Morgan fingerprint density at radius 1 is 1.29 bits per heavy atom. The van der Waals surface area contributed by atoms with Crippen molar-refractivity contribution in [3.63, 3.8) is 0 Å². The Kier molecular flexibility index (Phi) is 5.01. The molecule has 17 heavy (non-hydrogen) atoms. The van der Waals surface area contributed by atoms with Gasteiger partial charge in [-0.1, -0.05) is 31.2 Å². The monoisotopic (exact) mass is 232 g/mol. The van der Waals surface area contributed by atoms with Crippen LogP contribution in [0.5, 0.6) is 5.75 Å². The van der Waals surface area contributed by atoms with Crippen LogP contribution in [0.15, 0.2) is 42.0 Å². The molecule has 1 aromatic rings. The number of rotatable bonds is 5. The maximum Gasteiger partial charge on any atom is 0.328 e. The number of carboxylic acids is 1. The summed E-state index contributed by atoms with van der Waals surface area (Å²) in [6, 6.07) is 7.62. The third kappa shape index (κ3) is 4.55. The van der Waals surface area contributed by atoms with Crippen LogP contribution in [0.2, 0.25) is 0 Å². The summed E-state index contributed by atoms with van der Waals surface area (Å²) < 4.78 is 5.07. The smallest absolute Gasteiger partial charge is 0.328 e. The van der Waals surface area contributed by atoms with E-state index in [2.05, 4.69) is 0 Å². The van der Waals surface area contributed by atoms with E-state index in [9.17, 15) is 4.79 Å². The first kappa shape index (κ1) is 13.0. The SMILES string of the molecule is CCC(/C=C/C(=O)O)=C\c1ccc(OC)cc1. The molecular formula is C14H16O3. The molecule has 0 amide bonds. The summed E-state index contributed by atoms with van der Waals surface area (Å²) in [7, 11) is 1.62. The van der Waals surface area contributed by atoms with Crippen LogP contribution in [0.1, 0.15) is 18.9 Å². The molecule has 1 N–H and O–H groups in total. The van der Waals surface area contributed by atoms with Gasteiger partial charge in [0, 0.05) is 6.08 Å². The Labute approximate surface area is 101 Å². The van der Waals surface area contributed by atoms with Crippen LogP contribution in [-0.2, 0) is 4.79 Å². The molecule has 0 heterocycles. The number of hydrogen-bond acceptors (Lipinski definition) is 2. The number of aliphatic carboxylic acids is 1. The molecule has 0 saturated carbocycles. The van der Waals surface area contributed by atoms with Gasteiger partial charge in [-0.15, -0.1) is 0 Å². The summed E-state index contributed by atoms with van der Waals surface area (Å²) in [6.45, 7) is 1.99. The second kappa shape index (κ2) is 6.53. The van der Waals surface area contributed by atoms with Crippen molar-refractivity contribution in [2.24, 2.45) is 0 Å². The van der Waals surface area contributed by atoms with E-state index >= 15 is 0 Å². The highest BCUT2D eigenvalue weighted by molar-refractivity contribution is 5.80. The van der Waals surface area contributed by atoms with Crippen LogP contribution in [0, 0.1) is 0 Å². The van der Waals surface area contributed by atoms with Gasteiger partial charge in [0.25, 0.3) is 0 Å². The Morgan fingerprint density at radius 3 is 2.41 bits per heavy atom. The molecule has 0 aromatic heterocycles. The van der Waals surface area contributed by atoms with Crippen molar-refractivity contribution in [1.82, 2.24) is 0 Å². The molecule has 0 aliphatic rings. The molecular weight excluding hydrogens is 216 g/mol. The summed E-state index contributed by atoms with van der Waals surface area (Å²) in [6.07, 6.45) is 5.51. The van der Waals surface area contributed by atoms with Gasteiger partial charge in [-0.05, 0) is 29.7 Å². The lowest BCUT2D eigenvalue weighted by atomic mass is 10.1. The van der Waals surface area contributed by atoms with E-state index in [0.29, 0.717) is 0 Å². The van der Waals surface area contributed by atoms with Gasteiger partial charge in [-0.25, -0.2) is 4.79 Å². The van der Waals surface area contributed by atoms with Crippen molar-refractivity contribution >= 4 is 12.0 Å². The van der Waals surface area contributed by atoms with E-state index in [0.717, 1.165) is 29.4 Å². The van der Waals surface area contributed by atoms with Crippen LogP contribution in [0.4, 0.5) is 0 Å². The summed E-state index contributed by atoms with van der Waals surface area (Å²) in [4.78, 5) is 10.4. The van der Waals surface area contributed by atoms with E-state index in [1.807, 2.05) is 37.3 Å². The molecule has 0 atom stereocenters. The van der Waals surface area contributed by atoms with Crippen molar-refractivity contribution in [3.05, 3.63) is 47.6 Å². The predicted octanol–water partition coefficient (Wildman–Crippen LogP) is 3.13. The highest BCUT2D eigenvalue weighted by Crippen LogP contribution is 2.15. The summed E-state index contributed by atoms with van der Waals surface area (Å²) in [5.41, 5.74) is 2.00. The molecule has 0 bridgehead atoms. The molecule has 0 fully saturated rings. The molecule has 0 unspecified atom stereocenters. The summed E-state index contributed by atoms with van der Waals surface area (Å²) in [5, 5.41) is 8.56. The minimum absolute atomic E-state index is 0.788. The van der Waals surface area contributed by atoms with E-state index in [1.165, 1.54) is 0 Å². The average molecular weight is 232 g/mol. The van der Waals surface area contributed by atoms with E-state index in [4.69, 9.17) is 9.84 Å². The number of methoxy groups -OCH3 is 1. The highest BCUT2D eigenvalue weighted by atomic mass is 16.5. The van der Waals surface area contributed by atoms with E-state index in [-0.39, 0.29) is 0 Å². The third-order valence-electron chi connectivity index (χ3n) is 2.32. The lowest BCUT2D eigenvalue weighted by Gasteiger charge is -2.01. The Morgan fingerprint density at radius 2 is 1.94 bits per heavy atom. The number of ether oxygens (including phenoxy) is 1. The van der Waals surface area contributed by atoms with E-state index < -0.39 is 5.97 Å². The molecule has 3 nitrogen and oxygen atoms in total. The lowest BCUT2D eigenvalue weighted by Crippen LogP contribution is -1.87. The van der Waals surface area contributed by atoms with Gasteiger partial charge in [0.15, 0.2) is 0 Å². The van der Waals surface area contributed by atoms with Gasteiger partial charge in [-0.3, -0.25) is 0 Å². The first-order chi connectivity index (χ1) is 8.15. The molecule has 0 spiro atoms. The van der Waals surface area contributed by atoms with E-state index in [1.54, 1.807) is 13.2 Å². The van der Waals surface area contributed by atoms with Gasteiger partial charge in [0.2, 0.25) is 0 Å². The average Bonchev–Trinajstić information content (AvgIpc) is 2.35. The van der Waals surface area contributed by atoms with Crippen LogP contribution in [0.3, 0.4) is 0 Å². The van der Waals surface area contributed by atoms with Crippen molar-refractivity contribution in [3.8, 4) is 5.75 Å². The third-order valence-corrected chi connectivity index (χ3v) is 2.32. The van der Waals surface area contributed by atoms with Crippen molar-refractivity contribution in [1.29, 1.82) is 0 Å². The largest absolute Gasteiger partial charge is 0.497 e. The summed E-state index contributed by atoms with van der Waals surface area (Å²) in [5.74, 6) is -0.125. The van der Waals surface area contributed by atoms with Gasteiger partial charge < -0.3 is 9.84 Å². The first-order valence-electron chi connectivity index (χ1n) is 5.41.